The number of halogens is 2. The molecule has 25 heavy (non-hydrogen) atoms. The summed E-state index contributed by atoms with van der Waals surface area (Å²) in [7, 11) is 0. The molecular formula is C20H20ClFN2O. The number of rotatable bonds is 3. The number of carbonyl (C=O) groups is 1. The van der Waals surface area contributed by atoms with Crippen LogP contribution in [0.5, 0.6) is 0 Å². The second-order valence-corrected chi connectivity index (χ2v) is 7.18. The molecule has 5 heteroatoms. The van der Waals surface area contributed by atoms with E-state index in [1.54, 1.807) is 0 Å². The molecule has 1 saturated heterocycles. The van der Waals surface area contributed by atoms with Gasteiger partial charge in [0.25, 0.3) is 5.91 Å². The largest absolute Gasteiger partial charge is 0.329 e. The fourth-order valence-corrected chi connectivity index (χ4v) is 3.84. The summed E-state index contributed by atoms with van der Waals surface area (Å²) in [5, 5.41) is 0.168. The molecule has 3 nitrogen and oxygen atoms in total. The monoisotopic (exact) mass is 358 g/mol. The molecule has 4 rings (SSSR count). The van der Waals surface area contributed by atoms with Crippen molar-refractivity contribution in [3.05, 3.63) is 70.5 Å². The van der Waals surface area contributed by atoms with Crippen LogP contribution in [0.1, 0.15) is 34.8 Å². The van der Waals surface area contributed by atoms with E-state index in [1.165, 1.54) is 31.0 Å². The number of hydrogen-bond acceptors (Lipinski definition) is 2. The third-order valence-electron chi connectivity index (χ3n) is 5.08. The normalized spacial score (nSPS) is 21.4. The number of hydrogen-bond donors (Lipinski definition) is 0. The minimum absolute atomic E-state index is 0.0100. The summed E-state index contributed by atoms with van der Waals surface area (Å²) in [4.78, 5) is 17.5. The summed E-state index contributed by atoms with van der Waals surface area (Å²) in [6.07, 6.45) is 2.50. The Bertz CT molecular complexity index is 779. The van der Waals surface area contributed by atoms with Crippen LogP contribution in [0.3, 0.4) is 0 Å². The molecule has 0 bridgehead atoms. The van der Waals surface area contributed by atoms with E-state index in [4.69, 9.17) is 11.6 Å². The van der Waals surface area contributed by atoms with Crippen molar-refractivity contribution in [2.45, 2.75) is 24.9 Å². The van der Waals surface area contributed by atoms with Gasteiger partial charge < -0.3 is 4.90 Å². The molecule has 1 amide bonds. The van der Waals surface area contributed by atoms with Crippen LogP contribution >= 0.6 is 11.6 Å². The van der Waals surface area contributed by atoms with Gasteiger partial charge in [-0.2, -0.15) is 0 Å². The van der Waals surface area contributed by atoms with Crippen LogP contribution in [0, 0.1) is 5.82 Å². The number of benzene rings is 2. The molecule has 1 aliphatic carbocycles. The molecule has 0 aromatic heterocycles. The maximum absolute atomic E-state index is 13.3. The molecular weight excluding hydrogens is 339 g/mol. The van der Waals surface area contributed by atoms with Gasteiger partial charge in [0.2, 0.25) is 0 Å². The molecule has 1 unspecified atom stereocenters. The Morgan fingerprint density at radius 2 is 1.84 bits per heavy atom. The molecule has 2 fully saturated rings. The third-order valence-corrected chi connectivity index (χ3v) is 5.39. The Hall–Kier alpha value is -1.91. The smallest absolute Gasteiger partial charge is 0.255 e. The highest BCUT2D eigenvalue weighted by Gasteiger charge is 2.38. The zero-order chi connectivity index (χ0) is 17.4. The molecule has 0 spiro atoms. The van der Waals surface area contributed by atoms with Gasteiger partial charge in [0.05, 0.1) is 16.6 Å². The lowest BCUT2D eigenvalue weighted by Gasteiger charge is -2.42. The van der Waals surface area contributed by atoms with E-state index in [2.05, 4.69) is 17.0 Å². The Balaban J connectivity index is 1.64. The zero-order valence-corrected chi connectivity index (χ0v) is 14.6. The first-order valence-electron chi connectivity index (χ1n) is 8.68. The van der Waals surface area contributed by atoms with Gasteiger partial charge in [0.1, 0.15) is 5.82 Å². The molecule has 130 valence electrons. The summed E-state index contributed by atoms with van der Waals surface area (Å²) in [5.41, 5.74) is 1.49. The van der Waals surface area contributed by atoms with E-state index >= 15 is 0 Å². The third kappa shape index (κ3) is 3.42. The quantitative estimate of drug-likeness (QED) is 0.823. The summed E-state index contributed by atoms with van der Waals surface area (Å²) < 4.78 is 13.3. The first-order valence-corrected chi connectivity index (χ1v) is 9.06. The maximum Gasteiger partial charge on any atom is 0.255 e. The fourth-order valence-electron chi connectivity index (χ4n) is 3.60. The van der Waals surface area contributed by atoms with Gasteiger partial charge in [-0.25, -0.2) is 4.39 Å². The Morgan fingerprint density at radius 1 is 1.08 bits per heavy atom. The highest BCUT2D eigenvalue weighted by molar-refractivity contribution is 6.33. The molecule has 2 aromatic rings. The van der Waals surface area contributed by atoms with Gasteiger partial charge in [-0.3, -0.25) is 9.69 Å². The molecule has 1 atom stereocenters. The van der Waals surface area contributed by atoms with E-state index in [0.717, 1.165) is 18.7 Å². The summed E-state index contributed by atoms with van der Waals surface area (Å²) in [6, 6.07) is 14.7. The topological polar surface area (TPSA) is 23.6 Å². The lowest BCUT2D eigenvalue weighted by atomic mass is 10.0. The highest BCUT2D eigenvalue weighted by atomic mass is 35.5. The summed E-state index contributed by atoms with van der Waals surface area (Å²) in [5.74, 6) is -0.561. The van der Waals surface area contributed by atoms with Gasteiger partial charge in [0.15, 0.2) is 0 Å². The lowest BCUT2D eigenvalue weighted by Crippen LogP contribution is -2.51. The first kappa shape index (κ1) is 16.6. The minimum atomic E-state index is -0.431. The summed E-state index contributed by atoms with van der Waals surface area (Å²) in [6.45, 7) is 2.36. The molecule has 2 aromatic carbocycles. The van der Waals surface area contributed by atoms with Crippen LogP contribution in [-0.4, -0.2) is 41.4 Å². The van der Waals surface area contributed by atoms with Crippen LogP contribution in [0.25, 0.3) is 0 Å². The van der Waals surface area contributed by atoms with Crippen molar-refractivity contribution in [1.82, 2.24) is 9.80 Å². The predicted octanol–water partition coefficient (Wildman–Crippen LogP) is 4.14. The van der Waals surface area contributed by atoms with Crippen molar-refractivity contribution >= 4 is 17.5 Å². The number of amides is 1. The highest BCUT2D eigenvalue weighted by Crippen LogP contribution is 2.34. The SMILES string of the molecule is O=C(c1ccc(F)cc1Cl)N1CCN(C2CC2)CC1c1ccccc1. The van der Waals surface area contributed by atoms with Crippen molar-refractivity contribution in [1.29, 1.82) is 0 Å². The van der Waals surface area contributed by atoms with Crippen molar-refractivity contribution in [2.24, 2.45) is 0 Å². The number of piperazine rings is 1. The Labute approximate surface area is 152 Å². The maximum atomic E-state index is 13.3. The van der Waals surface area contributed by atoms with Crippen molar-refractivity contribution in [3.63, 3.8) is 0 Å². The average Bonchev–Trinajstić information content (AvgIpc) is 3.47. The summed E-state index contributed by atoms with van der Waals surface area (Å²) >= 11 is 6.13. The molecule has 1 heterocycles. The lowest BCUT2D eigenvalue weighted by molar-refractivity contribution is 0.0433. The predicted molar refractivity (Wildman–Crippen MR) is 96.2 cm³/mol. The number of carbonyl (C=O) groups excluding carboxylic acids is 1. The Morgan fingerprint density at radius 3 is 2.52 bits per heavy atom. The van der Waals surface area contributed by atoms with E-state index in [-0.39, 0.29) is 17.0 Å². The van der Waals surface area contributed by atoms with Gasteiger partial charge >= 0.3 is 0 Å². The standard InChI is InChI=1S/C20H20ClFN2O/c21-18-12-15(22)6-9-17(18)20(25)24-11-10-23(16-7-8-16)13-19(24)14-4-2-1-3-5-14/h1-6,9,12,16,19H,7-8,10-11,13H2. The van der Waals surface area contributed by atoms with Crippen LogP contribution in [0.2, 0.25) is 5.02 Å². The van der Waals surface area contributed by atoms with E-state index < -0.39 is 5.82 Å². The first-order chi connectivity index (χ1) is 12.1. The Kier molecular flexibility index (Phi) is 4.48. The van der Waals surface area contributed by atoms with E-state index in [1.807, 2.05) is 23.1 Å². The molecule has 0 N–H and O–H groups in total. The van der Waals surface area contributed by atoms with Crippen molar-refractivity contribution < 1.29 is 9.18 Å². The van der Waals surface area contributed by atoms with Crippen LogP contribution in [0.4, 0.5) is 4.39 Å². The van der Waals surface area contributed by atoms with Crippen molar-refractivity contribution in [3.8, 4) is 0 Å². The second-order valence-electron chi connectivity index (χ2n) is 6.78. The fraction of sp³-hybridized carbons (Fsp3) is 0.350. The van der Waals surface area contributed by atoms with Gasteiger partial charge in [0, 0.05) is 25.7 Å². The van der Waals surface area contributed by atoms with Crippen LogP contribution < -0.4 is 0 Å². The van der Waals surface area contributed by atoms with Gasteiger partial charge in [-0.1, -0.05) is 41.9 Å². The molecule has 2 aliphatic rings. The molecule has 1 aliphatic heterocycles. The molecule has 1 saturated carbocycles. The van der Waals surface area contributed by atoms with Crippen LogP contribution in [-0.2, 0) is 0 Å². The van der Waals surface area contributed by atoms with Crippen LogP contribution in [0.15, 0.2) is 48.5 Å². The van der Waals surface area contributed by atoms with Crippen molar-refractivity contribution in [2.75, 3.05) is 19.6 Å². The number of nitrogens with zero attached hydrogens (tertiary/aromatic N) is 2. The van der Waals surface area contributed by atoms with Gasteiger partial charge in [-0.05, 0) is 36.6 Å². The molecule has 0 radical (unpaired) electrons. The second kappa shape index (κ2) is 6.77. The van der Waals surface area contributed by atoms with E-state index in [0.29, 0.717) is 18.2 Å². The zero-order valence-electron chi connectivity index (χ0n) is 13.9. The minimum Gasteiger partial charge on any atom is -0.329 e. The average molecular weight is 359 g/mol. The van der Waals surface area contributed by atoms with E-state index in [9.17, 15) is 9.18 Å². The van der Waals surface area contributed by atoms with Gasteiger partial charge in [-0.15, -0.1) is 0 Å².